The molecule has 0 bridgehead atoms. The molecule has 2 aliphatic rings. The van der Waals surface area contributed by atoms with Gasteiger partial charge >= 0.3 is 11.9 Å². The molecule has 3 atom stereocenters. The number of carbonyl (C=O) groups excluding carboxylic acids is 1. The molecule has 1 aliphatic heterocycles. The number of rotatable bonds is 2. The van der Waals surface area contributed by atoms with E-state index in [1.54, 1.807) is 0 Å². The summed E-state index contributed by atoms with van der Waals surface area (Å²) in [5.41, 5.74) is -0.634. The van der Waals surface area contributed by atoms with Gasteiger partial charge in [-0.1, -0.05) is 0 Å². The van der Waals surface area contributed by atoms with Crippen LogP contribution in [0.3, 0.4) is 0 Å². The minimum absolute atomic E-state index is 0.126. The summed E-state index contributed by atoms with van der Waals surface area (Å²) in [6, 6.07) is -0.512. The molecule has 0 amide bonds. The molecule has 5 nitrogen and oxygen atoms in total. The van der Waals surface area contributed by atoms with Crippen LogP contribution in [-0.2, 0) is 14.3 Å². The van der Waals surface area contributed by atoms with Crippen LogP contribution in [0.5, 0.6) is 0 Å². The van der Waals surface area contributed by atoms with Crippen LogP contribution >= 0.6 is 0 Å². The Balaban J connectivity index is 1.92. The van der Waals surface area contributed by atoms with E-state index in [1.807, 2.05) is 20.8 Å². The molecule has 17 heavy (non-hydrogen) atoms. The molecule has 1 saturated carbocycles. The Morgan fingerprint density at radius 3 is 2.47 bits per heavy atom. The average Bonchev–Trinajstić information content (AvgIpc) is 2.64. The predicted octanol–water partition coefficient (Wildman–Crippen LogP) is 0.781. The topological polar surface area (TPSA) is 75.6 Å². The van der Waals surface area contributed by atoms with E-state index in [-0.39, 0.29) is 17.3 Å². The maximum Gasteiger partial charge on any atom is 0.320 e. The van der Waals surface area contributed by atoms with Crippen molar-refractivity contribution < 1.29 is 19.4 Å². The second kappa shape index (κ2) is 3.70. The Kier molecular flexibility index (Phi) is 2.69. The van der Waals surface area contributed by atoms with Gasteiger partial charge in [-0.25, -0.2) is 0 Å². The van der Waals surface area contributed by atoms with E-state index in [2.05, 4.69) is 5.32 Å². The summed E-state index contributed by atoms with van der Waals surface area (Å²) in [5, 5.41) is 11.9. The molecule has 0 aromatic heterocycles. The summed E-state index contributed by atoms with van der Waals surface area (Å²) in [6.07, 6.45) is 1.28. The Hall–Kier alpha value is -1.10. The maximum atomic E-state index is 11.9. The lowest BCUT2D eigenvalue weighted by Gasteiger charge is -2.20. The summed E-state index contributed by atoms with van der Waals surface area (Å²) in [5.74, 6) is -1.15. The lowest BCUT2D eigenvalue weighted by Crippen LogP contribution is -2.30. The molecule has 2 fully saturated rings. The average molecular weight is 241 g/mol. The fourth-order valence-corrected chi connectivity index (χ4v) is 2.53. The van der Waals surface area contributed by atoms with Crippen molar-refractivity contribution in [3.63, 3.8) is 0 Å². The van der Waals surface area contributed by atoms with E-state index in [4.69, 9.17) is 9.84 Å². The molecular formula is C12H19NO4. The minimum atomic E-state index is -0.836. The lowest BCUT2D eigenvalue weighted by atomic mass is 9.99. The number of esters is 1. The van der Waals surface area contributed by atoms with Crippen molar-refractivity contribution in [2.24, 2.45) is 11.3 Å². The van der Waals surface area contributed by atoms with Gasteiger partial charge in [-0.05, 0) is 39.0 Å². The standard InChI is InChI=1S/C12H19NO4/c1-11(2,3)17-10(16)7-4-12(7)5-8(9(14)15)13-6-12/h7-8,13H,4-6H2,1-3H3,(H,14,15). The molecule has 2 N–H and O–H groups in total. The van der Waals surface area contributed by atoms with Crippen molar-refractivity contribution in [2.75, 3.05) is 6.54 Å². The van der Waals surface area contributed by atoms with Crippen LogP contribution in [0.4, 0.5) is 0 Å². The molecule has 5 heteroatoms. The Labute approximate surface area is 101 Å². The predicted molar refractivity (Wildman–Crippen MR) is 60.4 cm³/mol. The highest BCUT2D eigenvalue weighted by Gasteiger charge is 2.63. The summed E-state index contributed by atoms with van der Waals surface area (Å²) >= 11 is 0. The monoisotopic (exact) mass is 241 g/mol. The molecule has 0 radical (unpaired) electrons. The highest BCUT2D eigenvalue weighted by atomic mass is 16.6. The zero-order chi connectivity index (χ0) is 12.8. The number of aliphatic carboxylic acids is 1. The number of hydrogen-bond donors (Lipinski definition) is 2. The second-order valence-corrected chi connectivity index (χ2v) is 6.13. The van der Waals surface area contributed by atoms with Crippen LogP contribution < -0.4 is 5.32 Å². The van der Waals surface area contributed by atoms with Crippen LogP contribution in [0.15, 0.2) is 0 Å². The molecule has 0 aromatic rings. The first-order valence-electron chi connectivity index (χ1n) is 5.93. The maximum absolute atomic E-state index is 11.9. The fraction of sp³-hybridized carbons (Fsp3) is 0.833. The smallest absolute Gasteiger partial charge is 0.320 e. The van der Waals surface area contributed by atoms with Gasteiger partial charge in [-0.2, -0.15) is 0 Å². The van der Waals surface area contributed by atoms with Gasteiger partial charge in [0.05, 0.1) is 5.92 Å². The number of hydrogen-bond acceptors (Lipinski definition) is 4. The Bertz CT molecular complexity index is 360. The third-order valence-corrected chi connectivity index (χ3v) is 3.49. The molecular weight excluding hydrogens is 222 g/mol. The normalized spacial score (nSPS) is 35.9. The summed E-state index contributed by atoms with van der Waals surface area (Å²) < 4.78 is 5.33. The van der Waals surface area contributed by atoms with E-state index in [9.17, 15) is 9.59 Å². The highest BCUT2D eigenvalue weighted by Crippen LogP contribution is 2.58. The van der Waals surface area contributed by atoms with Crippen molar-refractivity contribution in [3.8, 4) is 0 Å². The number of carboxylic acids is 1. The largest absolute Gasteiger partial charge is 0.480 e. The highest BCUT2D eigenvalue weighted by molar-refractivity contribution is 5.79. The Morgan fingerprint density at radius 2 is 2.00 bits per heavy atom. The van der Waals surface area contributed by atoms with E-state index in [0.29, 0.717) is 13.0 Å². The van der Waals surface area contributed by atoms with Crippen molar-refractivity contribution in [1.29, 1.82) is 0 Å². The number of nitrogens with one attached hydrogen (secondary N) is 1. The van der Waals surface area contributed by atoms with Crippen molar-refractivity contribution >= 4 is 11.9 Å². The molecule has 1 spiro atoms. The first kappa shape index (κ1) is 12.4. The van der Waals surface area contributed by atoms with Crippen LogP contribution in [0.2, 0.25) is 0 Å². The van der Waals surface area contributed by atoms with Gasteiger partial charge in [-0.3, -0.25) is 9.59 Å². The molecule has 0 aromatic carbocycles. The number of ether oxygens (including phenoxy) is 1. The SMILES string of the molecule is CC(C)(C)OC(=O)C1CC12CNC(C(=O)O)C2. The third kappa shape index (κ3) is 2.44. The van der Waals surface area contributed by atoms with E-state index >= 15 is 0 Å². The van der Waals surface area contributed by atoms with E-state index in [0.717, 1.165) is 6.42 Å². The first-order chi connectivity index (χ1) is 7.73. The van der Waals surface area contributed by atoms with Crippen LogP contribution in [0, 0.1) is 11.3 Å². The van der Waals surface area contributed by atoms with Crippen LogP contribution in [0.1, 0.15) is 33.6 Å². The van der Waals surface area contributed by atoms with Gasteiger partial charge in [0.15, 0.2) is 0 Å². The number of carboxylic acid groups (broad SMARTS) is 1. The molecule has 1 aliphatic carbocycles. The van der Waals surface area contributed by atoms with E-state index < -0.39 is 17.6 Å². The molecule has 3 unspecified atom stereocenters. The first-order valence-corrected chi connectivity index (χ1v) is 5.93. The molecule has 96 valence electrons. The second-order valence-electron chi connectivity index (χ2n) is 6.13. The van der Waals surface area contributed by atoms with Crippen molar-refractivity contribution in [2.45, 2.75) is 45.3 Å². The van der Waals surface area contributed by atoms with Gasteiger partial charge in [-0.15, -0.1) is 0 Å². The fourth-order valence-electron chi connectivity index (χ4n) is 2.53. The zero-order valence-corrected chi connectivity index (χ0v) is 10.4. The van der Waals surface area contributed by atoms with Gasteiger partial charge in [0.1, 0.15) is 11.6 Å². The van der Waals surface area contributed by atoms with Crippen LogP contribution in [0.25, 0.3) is 0 Å². The van der Waals surface area contributed by atoms with E-state index in [1.165, 1.54) is 0 Å². The summed E-state index contributed by atoms with van der Waals surface area (Å²) in [7, 11) is 0. The third-order valence-electron chi connectivity index (χ3n) is 3.49. The van der Waals surface area contributed by atoms with Crippen molar-refractivity contribution in [1.82, 2.24) is 5.32 Å². The summed E-state index contributed by atoms with van der Waals surface area (Å²) in [4.78, 5) is 22.7. The van der Waals surface area contributed by atoms with Gasteiger partial charge in [0.25, 0.3) is 0 Å². The lowest BCUT2D eigenvalue weighted by molar-refractivity contribution is -0.157. The van der Waals surface area contributed by atoms with Crippen LogP contribution in [-0.4, -0.2) is 35.2 Å². The van der Waals surface area contributed by atoms with Gasteiger partial charge in [0.2, 0.25) is 0 Å². The van der Waals surface area contributed by atoms with Crippen molar-refractivity contribution in [3.05, 3.63) is 0 Å². The Morgan fingerprint density at radius 1 is 1.35 bits per heavy atom. The quantitative estimate of drug-likeness (QED) is 0.699. The number of carbonyl (C=O) groups is 2. The minimum Gasteiger partial charge on any atom is -0.480 e. The molecule has 1 heterocycles. The van der Waals surface area contributed by atoms with Gasteiger partial charge < -0.3 is 15.2 Å². The summed E-state index contributed by atoms with van der Waals surface area (Å²) in [6.45, 7) is 6.13. The molecule has 2 rings (SSSR count). The zero-order valence-electron chi connectivity index (χ0n) is 10.4. The van der Waals surface area contributed by atoms with Gasteiger partial charge in [0, 0.05) is 6.54 Å². The molecule has 1 saturated heterocycles.